The lowest BCUT2D eigenvalue weighted by Crippen LogP contribution is -2.28. The Morgan fingerprint density at radius 2 is 1.94 bits per heavy atom. The molecule has 0 bridgehead atoms. The van der Waals surface area contributed by atoms with Crippen molar-refractivity contribution in [2.24, 2.45) is 0 Å². The number of rotatable bonds is 2. The molecule has 0 saturated heterocycles. The van der Waals surface area contributed by atoms with E-state index in [1.54, 1.807) is 0 Å². The Labute approximate surface area is 102 Å². The van der Waals surface area contributed by atoms with Gasteiger partial charge >= 0.3 is 0 Å². The molecule has 0 unspecified atom stereocenters. The highest BCUT2D eigenvalue weighted by Crippen LogP contribution is 2.27. The van der Waals surface area contributed by atoms with Gasteiger partial charge in [-0.1, -0.05) is 17.7 Å². The zero-order valence-electron chi connectivity index (χ0n) is 9.54. The largest absolute Gasteiger partial charge is 0.393 e. The van der Waals surface area contributed by atoms with E-state index >= 15 is 0 Å². The van der Waals surface area contributed by atoms with Crippen LogP contribution in [0.4, 0.5) is 5.69 Å². The number of aliphatic hydroxyl groups is 1. The molecule has 0 atom stereocenters. The van der Waals surface area contributed by atoms with Gasteiger partial charge in [0, 0.05) is 6.04 Å². The predicted octanol–water partition coefficient (Wildman–Crippen LogP) is 3.36. The van der Waals surface area contributed by atoms with Crippen molar-refractivity contribution >= 4 is 17.3 Å². The van der Waals surface area contributed by atoms with Crippen LogP contribution in [0.25, 0.3) is 0 Å². The van der Waals surface area contributed by atoms with Crippen LogP contribution in [0, 0.1) is 6.92 Å². The van der Waals surface area contributed by atoms with E-state index < -0.39 is 0 Å². The number of nitrogens with one attached hydrogen (secondary N) is 1. The Morgan fingerprint density at radius 3 is 2.56 bits per heavy atom. The van der Waals surface area contributed by atoms with Crippen LogP contribution in [0.2, 0.25) is 5.02 Å². The number of aliphatic hydroxyl groups excluding tert-OH is 1. The topological polar surface area (TPSA) is 32.3 Å². The molecule has 0 spiro atoms. The molecule has 2 nitrogen and oxygen atoms in total. The molecule has 1 aliphatic rings. The summed E-state index contributed by atoms with van der Waals surface area (Å²) in [5.74, 6) is 0. The van der Waals surface area contributed by atoms with Gasteiger partial charge in [0.2, 0.25) is 0 Å². The maximum absolute atomic E-state index is 9.43. The minimum absolute atomic E-state index is 0.105. The summed E-state index contributed by atoms with van der Waals surface area (Å²) in [4.78, 5) is 0. The van der Waals surface area contributed by atoms with E-state index in [1.165, 1.54) is 5.56 Å². The molecule has 1 fully saturated rings. The van der Waals surface area contributed by atoms with E-state index in [2.05, 4.69) is 11.4 Å². The van der Waals surface area contributed by atoms with E-state index in [1.807, 2.05) is 19.1 Å². The Kier molecular flexibility index (Phi) is 3.72. The Balaban J connectivity index is 1.98. The first-order chi connectivity index (χ1) is 7.65. The van der Waals surface area contributed by atoms with E-state index in [-0.39, 0.29) is 6.10 Å². The number of benzene rings is 1. The summed E-state index contributed by atoms with van der Waals surface area (Å²) in [5.41, 5.74) is 2.18. The van der Waals surface area contributed by atoms with Crippen molar-refractivity contribution in [1.29, 1.82) is 0 Å². The van der Waals surface area contributed by atoms with Crippen LogP contribution < -0.4 is 5.32 Å². The highest BCUT2D eigenvalue weighted by Gasteiger charge is 2.19. The predicted molar refractivity (Wildman–Crippen MR) is 68.1 cm³/mol. The van der Waals surface area contributed by atoms with Gasteiger partial charge in [-0.05, 0) is 50.3 Å². The number of hydrogen-bond acceptors (Lipinski definition) is 2. The molecule has 2 rings (SSSR count). The zero-order valence-corrected chi connectivity index (χ0v) is 10.3. The van der Waals surface area contributed by atoms with Crippen molar-refractivity contribution in [2.75, 3.05) is 5.32 Å². The van der Waals surface area contributed by atoms with Crippen LogP contribution in [-0.4, -0.2) is 17.3 Å². The maximum atomic E-state index is 9.43. The van der Waals surface area contributed by atoms with Gasteiger partial charge < -0.3 is 10.4 Å². The number of halogens is 1. The van der Waals surface area contributed by atoms with Gasteiger partial charge in [-0.2, -0.15) is 0 Å². The first-order valence-corrected chi connectivity index (χ1v) is 6.23. The summed E-state index contributed by atoms with van der Waals surface area (Å²) < 4.78 is 0. The minimum Gasteiger partial charge on any atom is -0.393 e. The second-order valence-corrected chi connectivity index (χ2v) is 5.04. The first kappa shape index (κ1) is 11.7. The lowest BCUT2D eigenvalue weighted by atomic mass is 9.93. The monoisotopic (exact) mass is 239 g/mol. The molecule has 16 heavy (non-hydrogen) atoms. The lowest BCUT2D eigenvalue weighted by molar-refractivity contribution is 0.126. The van der Waals surface area contributed by atoms with E-state index in [0.29, 0.717) is 6.04 Å². The fraction of sp³-hybridized carbons (Fsp3) is 0.538. The SMILES string of the molecule is Cc1ccc(N[C@H]2CC[C@H](O)CC2)c(Cl)c1. The molecule has 0 amide bonds. The average Bonchev–Trinajstić information content (AvgIpc) is 2.25. The van der Waals surface area contributed by atoms with Crippen LogP contribution in [-0.2, 0) is 0 Å². The molecule has 2 N–H and O–H groups in total. The third-order valence-electron chi connectivity index (χ3n) is 3.18. The smallest absolute Gasteiger partial charge is 0.0640 e. The summed E-state index contributed by atoms with van der Waals surface area (Å²) in [7, 11) is 0. The van der Waals surface area contributed by atoms with Crippen LogP contribution in [0.3, 0.4) is 0 Å². The van der Waals surface area contributed by atoms with Gasteiger partial charge in [0.15, 0.2) is 0 Å². The van der Waals surface area contributed by atoms with Crippen molar-refractivity contribution in [3.05, 3.63) is 28.8 Å². The van der Waals surface area contributed by atoms with E-state index in [4.69, 9.17) is 11.6 Å². The Hall–Kier alpha value is -0.730. The van der Waals surface area contributed by atoms with E-state index in [0.717, 1.165) is 36.4 Å². The number of anilines is 1. The zero-order chi connectivity index (χ0) is 11.5. The molecular weight excluding hydrogens is 222 g/mol. The normalized spacial score (nSPS) is 25.4. The van der Waals surface area contributed by atoms with Gasteiger partial charge in [-0.25, -0.2) is 0 Å². The number of aryl methyl sites for hydroxylation is 1. The Morgan fingerprint density at radius 1 is 1.25 bits per heavy atom. The Bertz CT molecular complexity index is 359. The maximum Gasteiger partial charge on any atom is 0.0640 e. The first-order valence-electron chi connectivity index (χ1n) is 5.86. The highest BCUT2D eigenvalue weighted by atomic mass is 35.5. The molecule has 1 aromatic carbocycles. The van der Waals surface area contributed by atoms with Crippen LogP contribution in [0.5, 0.6) is 0 Å². The molecule has 3 heteroatoms. The molecule has 1 saturated carbocycles. The van der Waals surface area contributed by atoms with Crippen molar-refractivity contribution in [3.63, 3.8) is 0 Å². The van der Waals surface area contributed by atoms with Crippen molar-refractivity contribution < 1.29 is 5.11 Å². The molecule has 0 aromatic heterocycles. The quantitative estimate of drug-likeness (QED) is 0.830. The second kappa shape index (κ2) is 5.07. The van der Waals surface area contributed by atoms with Gasteiger partial charge in [-0.15, -0.1) is 0 Å². The van der Waals surface area contributed by atoms with Crippen molar-refractivity contribution in [1.82, 2.24) is 0 Å². The molecular formula is C13H18ClNO. The van der Waals surface area contributed by atoms with Gasteiger partial charge in [0.05, 0.1) is 16.8 Å². The van der Waals surface area contributed by atoms with Gasteiger partial charge in [-0.3, -0.25) is 0 Å². The summed E-state index contributed by atoms with van der Waals surface area (Å²) in [5, 5.41) is 13.7. The second-order valence-electron chi connectivity index (χ2n) is 4.63. The van der Waals surface area contributed by atoms with E-state index in [9.17, 15) is 5.11 Å². The molecule has 0 heterocycles. The van der Waals surface area contributed by atoms with Crippen LogP contribution in [0.15, 0.2) is 18.2 Å². The summed E-state index contributed by atoms with van der Waals surface area (Å²) >= 11 is 6.17. The third kappa shape index (κ3) is 2.89. The molecule has 1 aliphatic carbocycles. The fourth-order valence-corrected chi connectivity index (χ4v) is 2.47. The standard InChI is InChI=1S/C13H18ClNO/c1-9-2-7-13(12(14)8-9)15-10-3-5-11(16)6-4-10/h2,7-8,10-11,15-16H,3-6H2,1H3/t10-,11-. The average molecular weight is 240 g/mol. The third-order valence-corrected chi connectivity index (χ3v) is 3.49. The lowest BCUT2D eigenvalue weighted by Gasteiger charge is -2.27. The fourth-order valence-electron chi connectivity index (χ4n) is 2.18. The highest BCUT2D eigenvalue weighted by molar-refractivity contribution is 6.33. The van der Waals surface area contributed by atoms with Gasteiger partial charge in [0.1, 0.15) is 0 Å². The summed E-state index contributed by atoms with van der Waals surface area (Å²) in [6.07, 6.45) is 3.71. The van der Waals surface area contributed by atoms with Crippen molar-refractivity contribution in [3.8, 4) is 0 Å². The molecule has 1 aromatic rings. The molecule has 88 valence electrons. The van der Waals surface area contributed by atoms with Gasteiger partial charge in [0.25, 0.3) is 0 Å². The number of hydrogen-bond donors (Lipinski definition) is 2. The van der Waals surface area contributed by atoms with Crippen LogP contribution >= 0.6 is 11.6 Å². The summed E-state index contributed by atoms with van der Waals surface area (Å²) in [6, 6.07) is 6.51. The summed E-state index contributed by atoms with van der Waals surface area (Å²) in [6.45, 7) is 2.03. The van der Waals surface area contributed by atoms with Crippen LogP contribution in [0.1, 0.15) is 31.2 Å². The van der Waals surface area contributed by atoms with Crippen molar-refractivity contribution in [2.45, 2.75) is 44.8 Å². The minimum atomic E-state index is -0.105. The molecule has 0 radical (unpaired) electrons. The molecule has 0 aliphatic heterocycles.